The Morgan fingerprint density at radius 1 is 0.392 bits per heavy atom. The summed E-state index contributed by atoms with van der Waals surface area (Å²) >= 11 is 0. The Labute approximate surface area is 294 Å². The molecule has 0 radical (unpaired) electrons. The van der Waals surface area contributed by atoms with Gasteiger partial charge in [0.25, 0.3) is 0 Å². The summed E-state index contributed by atoms with van der Waals surface area (Å²) < 4.78 is 6.64. The molecule has 0 N–H and O–H groups in total. The average molecular weight is 653 g/mol. The van der Waals surface area contributed by atoms with Gasteiger partial charge in [0, 0.05) is 21.9 Å². The summed E-state index contributed by atoms with van der Waals surface area (Å²) in [5.41, 5.74) is 11.1. The Kier molecular flexibility index (Phi) is 7.46. The maximum Gasteiger partial charge on any atom is 0.168 e. The van der Waals surface area contributed by atoms with E-state index in [0.717, 1.165) is 72.0 Å². The van der Waals surface area contributed by atoms with Gasteiger partial charge in [0.1, 0.15) is 11.2 Å². The molecule has 0 aliphatic rings. The number of aromatic nitrogens is 3. The average Bonchev–Trinajstić information content (AvgIpc) is 3.60. The molecule has 238 valence electrons. The fraction of sp³-hybridized carbons (Fsp3) is 0. The van der Waals surface area contributed by atoms with Crippen LogP contribution in [0.2, 0.25) is 0 Å². The quantitative estimate of drug-likeness (QED) is 0.179. The van der Waals surface area contributed by atoms with Gasteiger partial charge < -0.3 is 4.42 Å². The van der Waals surface area contributed by atoms with Crippen molar-refractivity contribution in [3.8, 4) is 73.6 Å². The van der Waals surface area contributed by atoms with Gasteiger partial charge in [-0.25, -0.2) is 15.0 Å². The van der Waals surface area contributed by atoms with Crippen molar-refractivity contribution >= 4 is 21.9 Å². The molecule has 0 spiro atoms. The molecule has 7 aromatic carbocycles. The van der Waals surface area contributed by atoms with Gasteiger partial charge in [-0.15, -0.1) is 0 Å². The van der Waals surface area contributed by atoms with E-state index >= 15 is 0 Å². The van der Waals surface area contributed by atoms with Gasteiger partial charge in [0.05, 0.1) is 17.2 Å². The van der Waals surface area contributed by atoms with Gasteiger partial charge in [-0.3, -0.25) is 0 Å². The van der Waals surface area contributed by atoms with Gasteiger partial charge in [0.15, 0.2) is 17.5 Å². The van der Waals surface area contributed by atoms with Crippen molar-refractivity contribution < 1.29 is 4.42 Å². The lowest BCUT2D eigenvalue weighted by Crippen LogP contribution is -2.01. The van der Waals surface area contributed by atoms with E-state index in [-0.39, 0.29) is 0 Å². The molecule has 0 fully saturated rings. The Balaban J connectivity index is 1.24. The van der Waals surface area contributed by atoms with E-state index in [1.807, 2.05) is 91.0 Å². The summed E-state index contributed by atoms with van der Waals surface area (Å²) in [6.07, 6.45) is 0. The first-order chi connectivity index (χ1) is 25.2. The van der Waals surface area contributed by atoms with Gasteiger partial charge in [-0.2, -0.15) is 5.26 Å². The minimum atomic E-state index is 0.529. The van der Waals surface area contributed by atoms with Crippen LogP contribution in [0.5, 0.6) is 0 Å². The molecule has 0 unspecified atom stereocenters. The molecule has 5 heteroatoms. The zero-order valence-corrected chi connectivity index (χ0v) is 27.4. The Hall–Kier alpha value is -7.16. The number of nitriles is 1. The fourth-order valence-electron chi connectivity index (χ4n) is 6.61. The maximum atomic E-state index is 9.25. The predicted molar refractivity (Wildman–Crippen MR) is 204 cm³/mol. The first kappa shape index (κ1) is 29.9. The van der Waals surface area contributed by atoms with E-state index < -0.39 is 0 Å². The van der Waals surface area contributed by atoms with Crippen LogP contribution >= 0.6 is 0 Å². The van der Waals surface area contributed by atoms with E-state index in [1.165, 1.54) is 0 Å². The van der Waals surface area contributed by atoms with Gasteiger partial charge in [0.2, 0.25) is 0 Å². The third-order valence-corrected chi connectivity index (χ3v) is 9.23. The zero-order chi connectivity index (χ0) is 34.1. The van der Waals surface area contributed by atoms with Crippen molar-refractivity contribution in [1.82, 2.24) is 15.0 Å². The highest BCUT2D eigenvalue weighted by Crippen LogP contribution is 2.42. The Morgan fingerprint density at radius 2 is 0.863 bits per heavy atom. The fourth-order valence-corrected chi connectivity index (χ4v) is 6.61. The van der Waals surface area contributed by atoms with Crippen LogP contribution in [-0.4, -0.2) is 15.0 Å². The maximum absolute atomic E-state index is 9.25. The molecule has 0 saturated carbocycles. The smallest absolute Gasteiger partial charge is 0.168 e. The first-order valence-electron chi connectivity index (χ1n) is 16.7. The Bertz CT molecular complexity index is 2710. The minimum Gasteiger partial charge on any atom is -0.455 e. The van der Waals surface area contributed by atoms with Crippen molar-refractivity contribution in [2.75, 3.05) is 0 Å². The van der Waals surface area contributed by atoms with Crippen molar-refractivity contribution in [2.24, 2.45) is 0 Å². The van der Waals surface area contributed by atoms with Crippen LogP contribution in [0.15, 0.2) is 174 Å². The van der Waals surface area contributed by atoms with E-state index in [0.29, 0.717) is 23.0 Å². The SMILES string of the molecule is N#Cc1ccc(-c2ccc(-c3ccc4c(oc5ccccc54)c3-c3nc(-c4ccccc4)nc(-c4ccc(-c5ccccc5)cc4)n3)cc2)cc1. The summed E-state index contributed by atoms with van der Waals surface area (Å²) in [4.78, 5) is 15.3. The third-order valence-electron chi connectivity index (χ3n) is 9.23. The molecule has 0 bridgehead atoms. The number of nitrogens with zero attached hydrogens (tertiary/aromatic N) is 4. The molecule has 9 aromatic rings. The number of hydrogen-bond donors (Lipinski definition) is 0. The van der Waals surface area contributed by atoms with E-state index in [9.17, 15) is 5.26 Å². The highest BCUT2D eigenvalue weighted by atomic mass is 16.3. The van der Waals surface area contributed by atoms with E-state index in [1.54, 1.807) is 0 Å². The molecule has 0 atom stereocenters. The topological polar surface area (TPSA) is 75.6 Å². The normalized spacial score (nSPS) is 11.1. The van der Waals surface area contributed by atoms with Gasteiger partial charge in [-0.1, -0.05) is 146 Å². The molecule has 2 aromatic heterocycles. The van der Waals surface area contributed by atoms with Crippen LogP contribution < -0.4 is 0 Å². The zero-order valence-electron chi connectivity index (χ0n) is 27.4. The summed E-state index contributed by atoms with van der Waals surface area (Å²) in [7, 11) is 0. The lowest BCUT2D eigenvalue weighted by molar-refractivity contribution is 0.669. The lowest BCUT2D eigenvalue weighted by atomic mass is 9.94. The third kappa shape index (κ3) is 5.61. The molecular formula is C46H28N4O. The predicted octanol–water partition coefficient (Wildman–Crippen LogP) is 11.6. The highest BCUT2D eigenvalue weighted by Gasteiger charge is 2.22. The summed E-state index contributed by atoms with van der Waals surface area (Å²) in [6.45, 7) is 0. The number of fused-ring (bicyclic) bond motifs is 3. The lowest BCUT2D eigenvalue weighted by Gasteiger charge is -2.13. The summed E-state index contributed by atoms with van der Waals surface area (Å²) in [6, 6.07) is 59.3. The van der Waals surface area contributed by atoms with Crippen LogP contribution in [0.3, 0.4) is 0 Å². The van der Waals surface area contributed by atoms with Crippen LogP contribution in [0, 0.1) is 11.3 Å². The molecule has 51 heavy (non-hydrogen) atoms. The monoisotopic (exact) mass is 652 g/mol. The summed E-state index contributed by atoms with van der Waals surface area (Å²) in [5.74, 6) is 1.69. The van der Waals surface area contributed by atoms with Crippen LogP contribution in [0.4, 0.5) is 0 Å². The highest BCUT2D eigenvalue weighted by molar-refractivity contribution is 6.12. The van der Waals surface area contributed by atoms with Crippen LogP contribution in [-0.2, 0) is 0 Å². The standard InChI is InChI=1S/C46H28N4O/c47-29-30-15-17-32(18-16-30)34-19-23-35(24-20-34)38-27-28-40-39-13-7-8-14-41(39)51-43(40)42(38)46-49-44(36-11-5-2-6-12-36)48-45(50-46)37-25-21-33(22-26-37)31-9-3-1-4-10-31/h1-28H. The molecule has 0 aliphatic heterocycles. The van der Waals surface area contributed by atoms with Gasteiger partial charge in [-0.05, 0) is 57.6 Å². The number of para-hydroxylation sites is 1. The number of hydrogen-bond acceptors (Lipinski definition) is 5. The number of rotatable bonds is 6. The Morgan fingerprint density at radius 3 is 1.49 bits per heavy atom. The van der Waals surface area contributed by atoms with E-state index in [4.69, 9.17) is 19.4 Å². The molecule has 0 aliphatic carbocycles. The van der Waals surface area contributed by atoms with Crippen LogP contribution in [0.25, 0.3) is 89.5 Å². The summed E-state index contributed by atoms with van der Waals surface area (Å²) in [5, 5.41) is 11.3. The van der Waals surface area contributed by atoms with Crippen molar-refractivity contribution in [3.63, 3.8) is 0 Å². The second-order valence-corrected chi connectivity index (χ2v) is 12.3. The molecule has 9 rings (SSSR count). The first-order valence-corrected chi connectivity index (χ1v) is 16.7. The van der Waals surface area contributed by atoms with E-state index in [2.05, 4.69) is 84.9 Å². The molecular weight excluding hydrogens is 625 g/mol. The minimum absolute atomic E-state index is 0.529. The van der Waals surface area contributed by atoms with Crippen molar-refractivity contribution in [3.05, 3.63) is 175 Å². The molecule has 0 amide bonds. The second-order valence-electron chi connectivity index (χ2n) is 12.3. The van der Waals surface area contributed by atoms with Crippen molar-refractivity contribution in [2.45, 2.75) is 0 Å². The van der Waals surface area contributed by atoms with Gasteiger partial charge >= 0.3 is 0 Å². The molecule has 0 saturated heterocycles. The van der Waals surface area contributed by atoms with Crippen molar-refractivity contribution in [1.29, 1.82) is 5.26 Å². The molecule has 5 nitrogen and oxygen atoms in total. The number of furan rings is 1. The largest absolute Gasteiger partial charge is 0.455 e. The number of benzene rings is 7. The second kappa shape index (κ2) is 12.7. The molecule has 2 heterocycles. The van der Waals surface area contributed by atoms with Crippen LogP contribution in [0.1, 0.15) is 5.56 Å².